The van der Waals surface area contributed by atoms with Crippen LogP contribution in [0.25, 0.3) is 11.1 Å². The van der Waals surface area contributed by atoms with E-state index < -0.39 is 6.09 Å². The van der Waals surface area contributed by atoms with Crippen molar-refractivity contribution in [1.29, 1.82) is 0 Å². The standard InChI is InChI=1S/C15H14BrNO2/c1-2-19-15(18)17-14-6-4-3-5-13(14)11-7-9-12(16)10-8-11/h3-10H,2H2,1H3,(H,17,18). The Morgan fingerprint density at radius 3 is 2.53 bits per heavy atom. The monoisotopic (exact) mass is 319 g/mol. The van der Waals surface area contributed by atoms with E-state index in [9.17, 15) is 4.79 Å². The average Bonchev–Trinajstić information content (AvgIpc) is 2.41. The lowest BCUT2D eigenvalue weighted by molar-refractivity contribution is 0.168. The van der Waals surface area contributed by atoms with Gasteiger partial charge in [-0.3, -0.25) is 5.32 Å². The Balaban J connectivity index is 2.30. The third kappa shape index (κ3) is 3.58. The number of hydrogen-bond donors (Lipinski definition) is 1. The van der Waals surface area contributed by atoms with Gasteiger partial charge in [0.1, 0.15) is 0 Å². The molecule has 1 amide bonds. The minimum absolute atomic E-state index is 0.353. The fourth-order valence-electron chi connectivity index (χ4n) is 1.75. The van der Waals surface area contributed by atoms with E-state index in [1.807, 2.05) is 48.5 Å². The number of amides is 1. The first-order chi connectivity index (χ1) is 9.20. The fourth-order valence-corrected chi connectivity index (χ4v) is 2.01. The van der Waals surface area contributed by atoms with Gasteiger partial charge < -0.3 is 4.74 Å². The smallest absolute Gasteiger partial charge is 0.411 e. The molecule has 2 rings (SSSR count). The zero-order valence-electron chi connectivity index (χ0n) is 10.5. The first kappa shape index (κ1) is 13.6. The number of anilines is 1. The van der Waals surface area contributed by atoms with Crippen molar-refractivity contribution in [3.05, 3.63) is 53.0 Å². The SMILES string of the molecule is CCOC(=O)Nc1ccccc1-c1ccc(Br)cc1. The van der Waals surface area contributed by atoms with Crippen LogP contribution in [0.3, 0.4) is 0 Å². The Morgan fingerprint density at radius 2 is 1.84 bits per heavy atom. The third-order valence-corrected chi connectivity index (χ3v) is 3.12. The van der Waals surface area contributed by atoms with Gasteiger partial charge in [-0.05, 0) is 30.7 Å². The summed E-state index contributed by atoms with van der Waals surface area (Å²) < 4.78 is 5.92. The molecule has 0 saturated heterocycles. The molecule has 0 heterocycles. The lowest BCUT2D eigenvalue weighted by atomic mass is 10.0. The molecule has 1 N–H and O–H groups in total. The molecular weight excluding hydrogens is 306 g/mol. The van der Waals surface area contributed by atoms with Gasteiger partial charge >= 0.3 is 6.09 Å². The highest BCUT2D eigenvalue weighted by atomic mass is 79.9. The Hall–Kier alpha value is -1.81. The molecule has 0 aliphatic carbocycles. The van der Waals surface area contributed by atoms with Crippen LogP contribution in [-0.2, 0) is 4.74 Å². The van der Waals surface area contributed by atoms with Gasteiger partial charge in [0.2, 0.25) is 0 Å². The first-order valence-electron chi connectivity index (χ1n) is 5.99. The van der Waals surface area contributed by atoms with Crippen LogP contribution in [0.4, 0.5) is 10.5 Å². The Bertz CT molecular complexity index is 567. The van der Waals surface area contributed by atoms with Crippen LogP contribution in [0.2, 0.25) is 0 Å². The van der Waals surface area contributed by atoms with Crippen LogP contribution in [0.15, 0.2) is 53.0 Å². The number of benzene rings is 2. The molecule has 3 nitrogen and oxygen atoms in total. The third-order valence-electron chi connectivity index (χ3n) is 2.59. The number of carbonyl (C=O) groups is 1. The molecular formula is C15H14BrNO2. The maximum absolute atomic E-state index is 11.5. The minimum Gasteiger partial charge on any atom is -0.450 e. The van der Waals surface area contributed by atoms with Gasteiger partial charge in [-0.15, -0.1) is 0 Å². The van der Waals surface area contributed by atoms with Crippen LogP contribution < -0.4 is 5.32 Å². The van der Waals surface area contributed by atoms with Gasteiger partial charge in [0.15, 0.2) is 0 Å². The van der Waals surface area contributed by atoms with Gasteiger partial charge in [0.05, 0.1) is 12.3 Å². The van der Waals surface area contributed by atoms with Crippen LogP contribution >= 0.6 is 15.9 Å². The number of para-hydroxylation sites is 1. The summed E-state index contributed by atoms with van der Waals surface area (Å²) in [7, 11) is 0. The van der Waals surface area contributed by atoms with Gasteiger partial charge in [-0.2, -0.15) is 0 Å². The second kappa shape index (κ2) is 6.38. The van der Waals surface area contributed by atoms with Crippen molar-refractivity contribution in [2.24, 2.45) is 0 Å². The summed E-state index contributed by atoms with van der Waals surface area (Å²) in [5.41, 5.74) is 2.74. The molecule has 0 spiro atoms. The summed E-state index contributed by atoms with van der Waals surface area (Å²) in [5, 5.41) is 2.75. The van der Waals surface area contributed by atoms with Crippen LogP contribution in [0, 0.1) is 0 Å². The van der Waals surface area contributed by atoms with Crippen molar-refractivity contribution in [3.63, 3.8) is 0 Å². The Kier molecular flexibility index (Phi) is 4.58. The van der Waals surface area contributed by atoms with Gasteiger partial charge in [-0.25, -0.2) is 4.79 Å². The number of carbonyl (C=O) groups excluding carboxylic acids is 1. The molecule has 0 unspecified atom stereocenters. The lowest BCUT2D eigenvalue weighted by Crippen LogP contribution is -2.13. The second-order valence-electron chi connectivity index (χ2n) is 3.90. The molecule has 4 heteroatoms. The molecule has 0 atom stereocenters. The van der Waals surface area contributed by atoms with Crippen LogP contribution in [-0.4, -0.2) is 12.7 Å². The lowest BCUT2D eigenvalue weighted by Gasteiger charge is -2.11. The molecule has 19 heavy (non-hydrogen) atoms. The molecule has 98 valence electrons. The van der Waals surface area contributed by atoms with E-state index in [0.29, 0.717) is 6.61 Å². The van der Waals surface area contributed by atoms with Crippen molar-refractivity contribution >= 4 is 27.7 Å². The summed E-state index contributed by atoms with van der Waals surface area (Å²) in [4.78, 5) is 11.5. The number of hydrogen-bond acceptors (Lipinski definition) is 2. The van der Waals surface area contributed by atoms with E-state index in [1.54, 1.807) is 6.92 Å². The molecule has 2 aromatic rings. The topological polar surface area (TPSA) is 38.3 Å². The maximum Gasteiger partial charge on any atom is 0.411 e. The van der Waals surface area contributed by atoms with Crippen molar-refractivity contribution in [2.45, 2.75) is 6.92 Å². The molecule has 0 saturated carbocycles. The first-order valence-corrected chi connectivity index (χ1v) is 6.78. The Labute approximate surface area is 120 Å². The van der Waals surface area contributed by atoms with Crippen LogP contribution in [0.1, 0.15) is 6.92 Å². The summed E-state index contributed by atoms with van der Waals surface area (Å²) in [5.74, 6) is 0. The normalized spacial score (nSPS) is 10.0. The molecule has 0 aromatic heterocycles. The van der Waals surface area contributed by atoms with E-state index >= 15 is 0 Å². The number of ether oxygens (including phenoxy) is 1. The van der Waals surface area contributed by atoms with Gasteiger partial charge in [0.25, 0.3) is 0 Å². The zero-order valence-corrected chi connectivity index (χ0v) is 12.1. The highest BCUT2D eigenvalue weighted by Gasteiger charge is 2.08. The molecule has 0 fully saturated rings. The van der Waals surface area contributed by atoms with E-state index in [-0.39, 0.29) is 0 Å². The molecule has 2 aromatic carbocycles. The largest absolute Gasteiger partial charge is 0.450 e. The molecule has 0 aliphatic heterocycles. The van der Waals surface area contributed by atoms with E-state index in [0.717, 1.165) is 21.3 Å². The van der Waals surface area contributed by atoms with Gasteiger partial charge in [0, 0.05) is 10.0 Å². The minimum atomic E-state index is -0.438. The van der Waals surface area contributed by atoms with Crippen molar-refractivity contribution in [3.8, 4) is 11.1 Å². The predicted octanol–water partition coefficient (Wildman–Crippen LogP) is 4.68. The summed E-state index contributed by atoms with van der Waals surface area (Å²) >= 11 is 3.41. The summed E-state index contributed by atoms with van der Waals surface area (Å²) in [6, 6.07) is 15.6. The molecule has 0 bridgehead atoms. The Morgan fingerprint density at radius 1 is 1.16 bits per heavy atom. The molecule has 0 aliphatic rings. The zero-order chi connectivity index (χ0) is 13.7. The highest BCUT2D eigenvalue weighted by Crippen LogP contribution is 2.28. The van der Waals surface area contributed by atoms with Crippen LogP contribution in [0.5, 0.6) is 0 Å². The number of nitrogens with one attached hydrogen (secondary N) is 1. The maximum atomic E-state index is 11.5. The summed E-state index contributed by atoms with van der Waals surface area (Å²) in [6.45, 7) is 2.13. The highest BCUT2D eigenvalue weighted by molar-refractivity contribution is 9.10. The summed E-state index contributed by atoms with van der Waals surface area (Å²) in [6.07, 6.45) is -0.438. The quantitative estimate of drug-likeness (QED) is 0.891. The number of halogens is 1. The van der Waals surface area contributed by atoms with Crippen molar-refractivity contribution in [2.75, 3.05) is 11.9 Å². The van der Waals surface area contributed by atoms with E-state index in [2.05, 4.69) is 21.2 Å². The predicted molar refractivity (Wildman–Crippen MR) is 80.2 cm³/mol. The molecule has 0 radical (unpaired) electrons. The van der Waals surface area contributed by atoms with Crippen molar-refractivity contribution < 1.29 is 9.53 Å². The van der Waals surface area contributed by atoms with E-state index in [4.69, 9.17) is 4.74 Å². The average molecular weight is 320 g/mol. The fraction of sp³-hybridized carbons (Fsp3) is 0.133. The van der Waals surface area contributed by atoms with Crippen molar-refractivity contribution in [1.82, 2.24) is 0 Å². The van der Waals surface area contributed by atoms with E-state index in [1.165, 1.54) is 0 Å². The second-order valence-corrected chi connectivity index (χ2v) is 4.81. The number of rotatable bonds is 3. The van der Waals surface area contributed by atoms with Gasteiger partial charge in [-0.1, -0.05) is 46.3 Å².